The molecule has 0 aliphatic heterocycles. The number of aromatic nitrogens is 1. The summed E-state index contributed by atoms with van der Waals surface area (Å²) in [7, 11) is 0. The van der Waals surface area contributed by atoms with E-state index in [1.165, 1.54) is 18.4 Å². The first-order valence-electron chi connectivity index (χ1n) is 6.84. The van der Waals surface area contributed by atoms with Gasteiger partial charge in [0.2, 0.25) is 0 Å². The zero-order chi connectivity index (χ0) is 13.0. The summed E-state index contributed by atoms with van der Waals surface area (Å²) in [6.45, 7) is 8.41. The maximum Gasteiger partial charge on any atom is 0.133 e. The first-order chi connectivity index (χ1) is 8.74. The molecule has 1 heterocycles. The van der Waals surface area contributed by atoms with Crippen LogP contribution in [0, 0.1) is 5.92 Å². The van der Waals surface area contributed by atoms with Crippen LogP contribution in [0.25, 0.3) is 0 Å². The van der Waals surface area contributed by atoms with Crippen molar-refractivity contribution in [3.63, 3.8) is 0 Å². The molecule has 1 N–H and O–H groups in total. The van der Waals surface area contributed by atoms with Crippen molar-refractivity contribution in [2.75, 3.05) is 24.5 Å². The first kappa shape index (κ1) is 13.8. The average molecular weight is 312 g/mol. The maximum absolute atomic E-state index is 4.62. The third kappa shape index (κ3) is 3.69. The van der Waals surface area contributed by atoms with E-state index < -0.39 is 0 Å². The van der Waals surface area contributed by atoms with E-state index in [4.69, 9.17) is 0 Å². The second kappa shape index (κ2) is 6.53. The molecule has 0 unspecified atom stereocenters. The third-order valence-corrected chi connectivity index (χ3v) is 3.77. The minimum absolute atomic E-state index is 0.888. The Morgan fingerprint density at radius 1 is 1.44 bits per heavy atom. The van der Waals surface area contributed by atoms with Crippen LogP contribution in [0.4, 0.5) is 5.82 Å². The van der Waals surface area contributed by atoms with Crippen molar-refractivity contribution in [1.29, 1.82) is 0 Å². The van der Waals surface area contributed by atoms with Gasteiger partial charge < -0.3 is 10.2 Å². The molecule has 0 amide bonds. The smallest absolute Gasteiger partial charge is 0.133 e. The molecule has 0 saturated heterocycles. The van der Waals surface area contributed by atoms with Crippen LogP contribution in [0.1, 0.15) is 32.3 Å². The fourth-order valence-electron chi connectivity index (χ4n) is 2.13. The van der Waals surface area contributed by atoms with Crippen molar-refractivity contribution < 1.29 is 0 Å². The van der Waals surface area contributed by atoms with E-state index in [0.29, 0.717) is 0 Å². The van der Waals surface area contributed by atoms with Crippen LogP contribution in [-0.4, -0.2) is 24.6 Å². The second-order valence-corrected chi connectivity index (χ2v) is 5.81. The predicted octanol–water partition coefficient (Wildman–Crippen LogP) is 3.19. The molecule has 4 heteroatoms. The Hall–Kier alpha value is -0.610. The monoisotopic (exact) mass is 311 g/mol. The molecule has 0 aromatic carbocycles. The molecule has 1 aromatic rings. The van der Waals surface area contributed by atoms with E-state index in [0.717, 1.165) is 42.4 Å². The fraction of sp³-hybridized carbons (Fsp3) is 0.643. The van der Waals surface area contributed by atoms with E-state index in [2.05, 4.69) is 51.0 Å². The minimum Gasteiger partial charge on any atom is -0.356 e. The molecule has 100 valence electrons. The van der Waals surface area contributed by atoms with Gasteiger partial charge in [-0.1, -0.05) is 6.92 Å². The molecule has 1 fully saturated rings. The van der Waals surface area contributed by atoms with Crippen molar-refractivity contribution in [1.82, 2.24) is 10.3 Å². The summed E-state index contributed by atoms with van der Waals surface area (Å²) in [6.07, 6.45) is 4.67. The van der Waals surface area contributed by atoms with E-state index in [9.17, 15) is 0 Å². The van der Waals surface area contributed by atoms with Gasteiger partial charge in [0.1, 0.15) is 5.82 Å². The lowest BCUT2D eigenvalue weighted by Crippen LogP contribution is -2.28. The molecule has 3 nitrogen and oxygen atoms in total. The lowest BCUT2D eigenvalue weighted by molar-refractivity contribution is 0.697. The number of hydrogen-bond donors (Lipinski definition) is 1. The Labute approximate surface area is 118 Å². The molecule has 0 spiro atoms. The molecule has 0 bridgehead atoms. The van der Waals surface area contributed by atoms with Gasteiger partial charge in [0, 0.05) is 35.9 Å². The maximum atomic E-state index is 4.62. The zero-order valence-electron chi connectivity index (χ0n) is 11.2. The van der Waals surface area contributed by atoms with Crippen molar-refractivity contribution in [3.8, 4) is 0 Å². The summed E-state index contributed by atoms with van der Waals surface area (Å²) in [5.74, 6) is 2.04. The molecular weight excluding hydrogens is 290 g/mol. The third-order valence-electron chi connectivity index (χ3n) is 3.33. The Morgan fingerprint density at radius 2 is 2.22 bits per heavy atom. The van der Waals surface area contributed by atoms with Gasteiger partial charge in [0.25, 0.3) is 0 Å². The number of rotatable bonds is 7. The van der Waals surface area contributed by atoms with Gasteiger partial charge in [-0.05, 0) is 54.2 Å². The van der Waals surface area contributed by atoms with Crippen LogP contribution in [0.2, 0.25) is 0 Å². The SMILES string of the molecule is CCNCc1cc(Br)cnc1N(CC)CC1CC1. The van der Waals surface area contributed by atoms with Crippen LogP contribution < -0.4 is 10.2 Å². The van der Waals surface area contributed by atoms with Crippen LogP contribution in [0.15, 0.2) is 16.7 Å². The molecule has 1 saturated carbocycles. The zero-order valence-corrected chi connectivity index (χ0v) is 12.8. The van der Waals surface area contributed by atoms with Crippen LogP contribution >= 0.6 is 15.9 Å². The summed E-state index contributed by atoms with van der Waals surface area (Å²) >= 11 is 3.51. The summed E-state index contributed by atoms with van der Waals surface area (Å²) in [6, 6.07) is 2.18. The molecular formula is C14H22BrN3. The lowest BCUT2D eigenvalue weighted by Gasteiger charge is -2.24. The van der Waals surface area contributed by atoms with Gasteiger partial charge in [-0.25, -0.2) is 4.98 Å². The molecule has 2 rings (SSSR count). The normalized spacial score (nSPS) is 14.8. The van der Waals surface area contributed by atoms with Gasteiger partial charge in [0.05, 0.1) is 0 Å². The number of hydrogen-bond acceptors (Lipinski definition) is 3. The van der Waals surface area contributed by atoms with E-state index in [-0.39, 0.29) is 0 Å². The van der Waals surface area contributed by atoms with Crippen LogP contribution in [-0.2, 0) is 6.54 Å². The van der Waals surface area contributed by atoms with Crippen molar-refractivity contribution in [3.05, 3.63) is 22.3 Å². The molecule has 1 aliphatic carbocycles. The number of nitrogens with one attached hydrogen (secondary N) is 1. The highest BCUT2D eigenvalue weighted by Gasteiger charge is 2.25. The summed E-state index contributed by atoms with van der Waals surface area (Å²) < 4.78 is 1.06. The van der Waals surface area contributed by atoms with E-state index in [1.54, 1.807) is 0 Å². The number of nitrogens with zero attached hydrogens (tertiary/aromatic N) is 2. The molecule has 0 radical (unpaired) electrons. The summed E-state index contributed by atoms with van der Waals surface area (Å²) in [5.41, 5.74) is 1.29. The van der Waals surface area contributed by atoms with Gasteiger partial charge >= 0.3 is 0 Å². The number of pyridine rings is 1. The minimum atomic E-state index is 0.888. The molecule has 0 atom stereocenters. The van der Waals surface area contributed by atoms with Gasteiger partial charge in [-0.2, -0.15) is 0 Å². The highest BCUT2D eigenvalue weighted by atomic mass is 79.9. The predicted molar refractivity (Wildman–Crippen MR) is 79.9 cm³/mol. The highest BCUT2D eigenvalue weighted by molar-refractivity contribution is 9.10. The summed E-state index contributed by atoms with van der Waals surface area (Å²) in [5, 5.41) is 3.39. The van der Waals surface area contributed by atoms with E-state index in [1.807, 2.05) is 6.20 Å². The topological polar surface area (TPSA) is 28.2 Å². The first-order valence-corrected chi connectivity index (χ1v) is 7.64. The Balaban J connectivity index is 2.16. The van der Waals surface area contributed by atoms with Crippen molar-refractivity contribution in [2.45, 2.75) is 33.2 Å². The largest absolute Gasteiger partial charge is 0.356 e. The lowest BCUT2D eigenvalue weighted by atomic mass is 10.2. The van der Waals surface area contributed by atoms with Gasteiger partial charge in [-0.3, -0.25) is 0 Å². The Bertz CT molecular complexity index is 391. The second-order valence-electron chi connectivity index (χ2n) is 4.90. The fourth-order valence-corrected chi connectivity index (χ4v) is 2.50. The van der Waals surface area contributed by atoms with Crippen LogP contribution in [0.5, 0.6) is 0 Å². The van der Waals surface area contributed by atoms with Crippen LogP contribution in [0.3, 0.4) is 0 Å². The standard InChI is InChI=1S/C14H22BrN3/c1-3-16-8-12-7-13(15)9-17-14(12)18(4-2)10-11-5-6-11/h7,9,11,16H,3-6,8,10H2,1-2H3. The summed E-state index contributed by atoms with van der Waals surface area (Å²) in [4.78, 5) is 7.04. The number of anilines is 1. The highest BCUT2D eigenvalue weighted by Crippen LogP contribution is 2.32. The molecule has 1 aromatic heterocycles. The van der Waals surface area contributed by atoms with Crippen molar-refractivity contribution >= 4 is 21.7 Å². The van der Waals surface area contributed by atoms with Gasteiger partial charge in [0.15, 0.2) is 0 Å². The quantitative estimate of drug-likeness (QED) is 0.838. The molecule has 18 heavy (non-hydrogen) atoms. The molecule has 1 aliphatic rings. The Morgan fingerprint density at radius 3 is 2.83 bits per heavy atom. The van der Waals surface area contributed by atoms with Gasteiger partial charge in [-0.15, -0.1) is 0 Å². The van der Waals surface area contributed by atoms with E-state index >= 15 is 0 Å². The Kier molecular flexibility index (Phi) is 5.01. The van der Waals surface area contributed by atoms with Crippen molar-refractivity contribution in [2.24, 2.45) is 5.92 Å². The number of halogens is 1. The average Bonchev–Trinajstić information content (AvgIpc) is 3.18.